The SMILES string of the molecule is O=C(O)c1ccnc(-c2ncccc2-c2ccccn2)c1C(=O)O. The molecule has 0 saturated heterocycles. The lowest BCUT2D eigenvalue weighted by Gasteiger charge is -2.11. The molecule has 7 nitrogen and oxygen atoms in total. The first-order valence-corrected chi connectivity index (χ1v) is 6.92. The quantitative estimate of drug-likeness (QED) is 0.759. The van der Waals surface area contributed by atoms with Crippen molar-refractivity contribution in [3.05, 3.63) is 66.1 Å². The fourth-order valence-electron chi connectivity index (χ4n) is 2.36. The largest absolute Gasteiger partial charge is 0.478 e. The van der Waals surface area contributed by atoms with E-state index < -0.39 is 17.5 Å². The predicted octanol–water partition coefficient (Wildman–Crippen LogP) is 2.60. The van der Waals surface area contributed by atoms with Crippen molar-refractivity contribution in [1.29, 1.82) is 0 Å². The Morgan fingerprint density at radius 2 is 1.50 bits per heavy atom. The number of hydrogen-bond donors (Lipinski definition) is 2. The summed E-state index contributed by atoms with van der Waals surface area (Å²) in [4.78, 5) is 35.5. The van der Waals surface area contributed by atoms with Gasteiger partial charge in [-0.1, -0.05) is 6.07 Å². The average Bonchev–Trinajstić information content (AvgIpc) is 2.61. The van der Waals surface area contributed by atoms with E-state index in [0.717, 1.165) is 6.07 Å². The summed E-state index contributed by atoms with van der Waals surface area (Å²) in [7, 11) is 0. The van der Waals surface area contributed by atoms with E-state index in [1.807, 2.05) is 0 Å². The van der Waals surface area contributed by atoms with Crippen molar-refractivity contribution in [3.8, 4) is 22.6 Å². The molecule has 24 heavy (non-hydrogen) atoms. The molecule has 0 atom stereocenters. The van der Waals surface area contributed by atoms with E-state index in [0.29, 0.717) is 11.3 Å². The summed E-state index contributed by atoms with van der Waals surface area (Å²) in [6.07, 6.45) is 4.34. The van der Waals surface area contributed by atoms with Crippen LogP contribution < -0.4 is 0 Å². The van der Waals surface area contributed by atoms with Gasteiger partial charge in [0.1, 0.15) is 11.3 Å². The Balaban J connectivity index is 2.31. The highest BCUT2D eigenvalue weighted by Gasteiger charge is 2.24. The van der Waals surface area contributed by atoms with Gasteiger partial charge in [-0.15, -0.1) is 0 Å². The number of pyridine rings is 3. The van der Waals surface area contributed by atoms with Gasteiger partial charge in [-0.05, 0) is 30.3 Å². The predicted molar refractivity (Wildman–Crippen MR) is 84.6 cm³/mol. The highest BCUT2D eigenvalue weighted by Crippen LogP contribution is 2.31. The normalized spacial score (nSPS) is 10.3. The smallest absolute Gasteiger partial charge is 0.338 e. The van der Waals surface area contributed by atoms with Crippen molar-refractivity contribution in [2.75, 3.05) is 0 Å². The summed E-state index contributed by atoms with van der Waals surface area (Å²) >= 11 is 0. The summed E-state index contributed by atoms with van der Waals surface area (Å²) in [6.45, 7) is 0. The zero-order valence-electron chi connectivity index (χ0n) is 12.2. The highest BCUT2D eigenvalue weighted by molar-refractivity contribution is 6.06. The molecule has 3 aromatic heterocycles. The van der Waals surface area contributed by atoms with Crippen LogP contribution in [0.25, 0.3) is 22.6 Å². The zero-order chi connectivity index (χ0) is 17.1. The fourth-order valence-corrected chi connectivity index (χ4v) is 2.36. The molecule has 0 aliphatic heterocycles. The summed E-state index contributed by atoms with van der Waals surface area (Å²) in [6, 6.07) is 9.87. The van der Waals surface area contributed by atoms with Gasteiger partial charge in [-0.2, -0.15) is 0 Å². The van der Waals surface area contributed by atoms with Gasteiger partial charge in [0.2, 0.25) is 0 Å². The molecule has 7 heteroatoms. The molecular formula is C17H11N3O4. The molecule has 0 spiro atoms. The molecular weight excluding hydrogens is 310 g/mol. The molecule has 0 bridgehead atoms. The topological polar surface area (TPSA) is 113 Å². The van der Waals surface area contributed by atoms with Crippen LogP contribution in [0.5, 0.6) is 0 Å². The zero-order valence-corrected chi connectivity index (χ0v) is 12.2. The summed E-state index contributed by atoms with van der Waals surface area (Å²) in [5.41, 5.74) is 0.654. The second-order valence-electron chi connectivity index (χ2n) is 4.81. The number of nitrogens with zero attached hydrogens (tertiary/aromatic N) is 3. The molecule has 3 aromatic rings. The molecule has 0 fully saturated rings. The molecule has 0 aromatic carbocycles. The minimum absolute atomic E-state index is 0.0105. The van der Waals surface area contributed by atoms with Crippen molar-refractivity contribution < 1.29 is 19.8 Å². The van der Waals surface area contributed by atoms with Crippen LogP contribution in [0, 0.1) is 0 Å². The second kappa shape index (κ2) is 6.25. The number of carboxylic acid groups (broad SMARTS) is 2. The van der Waals surface area contributed by atoms with Crippen LogP contribution in [0.1, 0.15) is 20.7 Å². The third kappa shape index (κ3) is 2.70. The Bertz CT molecular complexity index is 926. The Morgan fingerprint density at radius 1 is 0.750 bits per heavy atom. The van der Waals surface area contributed by atoms with Gasteiger partial charge in [0.15, 0.2) is 0 Å². The first-order valence-electron chi connectivity index (χ1n) is 6.92. The standard InChI is InChI=1S/C17H11N3O4/c21-16(22)11-6-9-20-15(13(11)17(23)24)14-10(4-3-8-19-14)12-5-1-2-7-18-12/h1-9H,(H,21,22)(H,23,24). The van der Waals surface area contributed by atoms with Crippen LogP contribution in [0.4, 0.5) is 0 Å². The van der Waals surface area contributed by atoms with Crippen molar-refractivity contribution >= 4 is 11.9 Å². The molecule has 118 valence electrons. The maximum absolute atomic E-state index is 11.6. The van der Waals surface area contributed by atoms with Gasteiger partial charge in [0, 0.05) is 24.2 Å². The van der Waals surface area contributed by atoms with Crippen molar-refractivity contribution in [2.45, 2.75) is 0 Å². The summed E-state index contributed by atoms with van der Waals surface area (Å²) in [5, 5.41) is 18.7. The van der Waals surface area contributed by atoms with Crippen LogP contribution in [0.2, 0.25) is 0 Å². The van der Waals surface area contributed by atoms with Crippen LogP contribution in [-0.2, 0) is 0 Å². The van der Waals surface area contributed by atoms with Gasteiger partial charge in [-0.3, -0.25) is 15.0 Å². The number of carboxylic acids is 2. The van der Waals surface area contributed by atoms with Crippen molar-refractivity contribution in [2.24, 2.45) is 0 Å². The van der Waals surface area contributed by atoms with Crippen LogP contribution in [0.3, 0.4) is 0 Å². The molecule has 0 unspecified atom stereocenters. The van der Waals surface area contributed by atoms with Crippen molar-refractivity contribution in [3.63, 3.8) is 0 Å². The third-order valence-electron chi connectivity index (χ3n) is 3.37. The number of aromatic nitrogens is 3. The maximum atomic E-state index is 11.6. The second-order valence-corrected chi connectivity index (χ2v) is 4.81. The van der Waals surface area contributed by atoms with E-state index >= 15 is 0 Å². The molecule has 0 saturated carbocycles. The van der Waals surface area contributed by atoms with Gasteiger partial charge in [0.05, 0.1) is 17.0 Å². The molecule has 2 N–H and O–H groups in total. The lowest BCUT2D eigenvalue weighted by atomic mass is 10.00. The molecule has 0 radical (unpaired) electrons. The third-order valence-corrected chi connectivity index (χ3v) is 3.37. The highest BCUT2D eigenvalue weighted by atomic mass is 16.4. The van der Waals surface area contributed by atoms with E-state index in [2.05, 4.69) is 15.0 Å². The van der Waals surface area contributed by atoms with Crippen LogP contribution >= 0.6 is 0 Å². The first-order chi connectivity index (χ1) is 11.6. The Labute approximate surface area is 136 Å². The van der Waals surface area contributed by atoms with Gasteiger partial charge in [0.25, 0.3) is 0 Å². The van der Waals surface area contributed by atoms with Gasteiger partial charge >= 0.3 is 11.9 Å². The van der Waals surface area contributed by atoms with E-state index in [1.54, 1.807) is 36.5 Å². The molecule has 3 rings (SSSR count). The average molecular weight is 321 g/mol. The number of rotatable bonds is 4. The molecule has 0 amide bonds. The van der Waals surface area contributed by atoms with E-state index in [9.17, 15) is 19.8 Å². The Morgan fingerprint density at radius 3 is 2.17 bits per heavy atom. The van der Waals surface area contributed by atoms with Gasteiger partial charge < -0.3 is 10.2 Å². The van der Waals surface area contributed by atoms with Gasteiger partial charge in [-0.25, -0.2) is 9.59 Å². The van der Waals surface area contributed by atoms with E-state index in [-0.39, 0.29) is 17.0 Å². The molecule has 0 aliphatic rings. The Kier molecular flexibility index (Phi) is 3.98. The summed E-state index contributed by atoms with van der Waals surface area (Å²) in [5.74, 6) is -2.72. The number of aromatic carboxylic acids is 2. The van der Waals surface area contributed by atoms with E-state index in [4.69, 9.17) is 0 Å². The lowest BCUT2D eigenvalue weighted by molar-refractivity contribution is 0.0651. The lowest BCUT2D eigenvalue weighted by Crippen LogP contribution is -2.11. The van der Waals surface area contributed by atoms with Crippen LogP contribution in [-0.4, -0.2) is 37.1 Å². The number of hydrogen-bond acceptors (Lipinski definition) is 5. The Hall–Kier alpha value is -3.61. The monoisotopic (exact) mass is 321 g/mol. The fraction of sp³-hybridized carbons (Fsp3) is 0. The first kappa shape index (κ1) is 15.3. The minimum atomic E-state index is -1.38. The van der Waals surface area contributed by atoms with Crippen LogP contribution in [0.15, 0.2) is 55.0 Å². The number of carbonyl (C=O) groups is 2. The molecule has 3 heterocycles. The van der Waals surface area contributed by atoms with E-state index in [1.165, 1.54) is 12.4 Å². The molecule has 0 aliphatic carbocycles. The maximum Gasteiger partial charge on any atom is 0.338 e. The minimum Gasteiger partial charge on any atom is -0.478 e. The van der Waals surface area contributed by atoms with Crippen molar-refractivity contribution in [1.82, 2.24) is 15.0 Å². The summed E-state index contributed by atoms with van der Waals surface area (Å²) < 4.78 is 0.